The summed E-state index contributed by atoms with van der Waals surface area (Å²) in [7, 11) is 4.04. The lowest BCUT2D eigenvalue weighted by atomic mass is 9.90. The van der Waals surface area contributed by atoms with Crippen molar-refractivity contribution >= 4 is 31.0 Å². The summed E-state index contributed by atoms with van der Waals surface area (Å²) in [6.45, 7) is 7.38. The standard InChI is InChI=1S/C23H36F2N4O3Si/c1-28(2)16-9-7-8-15(12-16)26-23-27-20-19(25)18(24)13-17(22(30)31-3)21(20)29(23)14-32-10-11-33(4,5)6/h13,15-16H,7-12,14H2,1-6H3,(H,26,27). The van der Waals surface area contributed by atoms with Crippen LogP contribution in [0.5, 0.6) is 0 Å². The molecule has 0 bridgehead atoms. The smallest absolute Gasteiger partial charge is 0.340 e. The van der Waals surface area contributed by atoms with Crippen LogP contribution in [0.25, 0.3) is 11.0 Å². The van der Waals surface area contributed by atoms with Crippen molar-refractivity contribution in [1.29, 1.82) is 0 Å². The average molecular weight is 483 g/mol. The molecular formula is C23H36F2N4O3Si. The summed E-state index contributed by atoms with van der Waals surface area (Å²) in [4.78, 5) is 19.0. The van der Waals surface area contributed by atoms with Gasteiger partial charge in [0.15, 0.2) is 11.6 Å². The van der Waals surface area contributed by atoms with Gasteiger partial charge in [-0.1, -0.05) is 19.6 Å². The van der Waals surface area contributed by atoms with Gasteiger partial charge in [0, 0.05) is 26.8 Å². The van der Waals surface area contributed by atoms with Crippen LogP contribution in [0.3, 0.4) is 0 Å². The number of benzene rings is 1. The van der Waals surface area contributed by atoms with Crippen LogP contribution in [-0.4, -0.2) is 68.4 Å². The number of ether oxygens (including phenoxy) is 2. The van der Waals surface area contributed by atoms with Gasteiger partial charge in [-0.25, -0.2) is 18.6 Å². The van der Waals surface area contributed by atoms with Crippen LogP contribution >= 0.6 is 0 Å². The number of anilines is 1. The summed E-state index contributed by atoms with van der Waals surface area (Å²) in [5.41, 5.74) is -0.0987. The number of hydrogen-bond donors (Lipinski definition) is 1. The molecule has 0 aliphatic heterocycles. The molecule has 1 saturated carbocycles. The van der Waals surface area contributed by atoms with Crippen LogP contribution in [0.4, 0.5) is 14.7 Å². The van der Waals surface area contributed by atoms with Gasteiger partial charge < -0.3 is 19.7 Å². The van der Waals surface area contributed by atoms with E-state index >= 15 is 0 Å². The molecule has 1 aromatic carbocycles. The number of hydrogen-bond acceptors (Lipinski definition) is 6. The zero-order chi connectivity index (χ0) is 24.3. The molecule has 184 valence electrons. The van der Waals surface area contributed by atoms with Gasteiger partial charge >= 0.3 is 5.97 Å². The number of carbonyl (C=O) groups is 1. The zero-order valence-electron chi connectivity index (χ0n) is 20.5. The summed E-state index contributed by atoms with van der Waals surface area (Å²) in [6.07, 6.45) is 4.04. The molecule has 1 aliphatic rings. The van der Waals surface area contributed by atoms with Gasteiger partial charge in [0.1, 0.15) is 12.2 Å². The number of halogens is 2. The van der Waals surface area contributed by atoms with Crippen molar-refractivity contribution in [2.75, 3.05) is 33.1 Å². The highest BCUT2D eigenvalue weighted by Gasteiger charge is 2.28. The summed E-state index contributed by atoms with van der Waals surface area (Å²) in [5.74, 6) is -2.60. The van der Waals surface area contributed by atoms with E-state index in [2.05, 4.69) is 48.9 Å². The third-order valence-electron chi connectivity index (χ3n) is 6.24. The molecule has 10 heteroatoms. The molecule has 0 saturated heterocycles. The van der Waals surface area contributed by atoms with E-state index in [9.17, 15) is 13.6 Å². The summed E-state index contributed by atoms with van der Waals surface area (Å²) in [6, 6.07) is 2.39. The Hall–Kier alpha value is -2.04. The minimum atomic E-state index is -1.30. The molecule has 2 unspecified atom stereocenters. The SMILES string of the molecule is COC(=O)c1cc(F)c(F)c2nc(NC3CCCC(N(C)C)C3)n(COCC[Si](C)(C)C)c12. The summed E-state index contributed by atoms with van der Waals surface area (Å²) in [5, 5.41) is 3.42. The minimum Gasteiger partial charge on any atom is -0.465 e. The fraction of sp³-hybridized carbons (Fsp3) is 0.652. The zero-order valence-corrected chi connectivity index (χ0v) is 21.5. The predicted octanol–water partition coefficient (Wildman–Crippen LogP) is 4.70. The molecule has 2 atom stereocenters. The number of rotatable bonds is 9. The first-order valence-electron chi connectivity index (χ1n) is 11.5. The van der Waals surface area contributed by atoms with E-state index in [0.717, 1.165) is 37.8 Å². The summed E-state index contributed by atoms with van der Waals surface area (Å²) >= 11 is 0. The Kier molecular flexibility index (Phi) is 8.12. The van der Waals surface area contributed by atoms with E-state index in [0.29, 0.717) is 18.6 Å². The van der Waals surface area contributed by atoms with Crippen molar-refractivity contribution in [3.05, 3.63) is 23.3 Å². The fourth-order valence-electron chi connectivity index (χ4n) is 4.23. The molecule has 1 aliphatic carbocycles. The lowest BCUT2D eigenvalue weighted by Gasteiger charge is -2.34. The van der Waals surface area contributed by atoms with E-state index in [-0.39, 0.29) is 29.4 Å². The van der Waals surface area contributed by atoms with Gasteiger partial charge in [-0.3, -0.25) is 4.57 Å². The predicted molar refractivity (Wildman–Crippen MR) is 128 cm³/mol. The van der Waals surface area contributed by atoms with Crippen molar-refractivity contribution in [3.63, 3.8) is 0 Å². The molecule has 33 heavy (non-hydrogen) atoms. The van der Waals surface area contributed by atoms with E-state index in [1.54, 1.807) is 4.57 Å². The highest BCUT2D eigenvalue weighted by Crippen LogP contribution is 2.31. The van der Waals surface area contributed by atoms with Gasteiger partial charge in [0.25, 0.3) is 0 Å². The third kappa shape index (κ3) is 6.10. The second-order valence-electron chi connectivity index (χ2n) is 10.2. The maximum absolute atomic E-state index is 14.8. The Morgan fingerprint density at radius 3 is 2.67 bits per heavy atom. The first-order chi connectivity index (χ1) is 15.5. The molecule has 0 amide bonds. The number of carbonyl (C=O) groups excluding carboxylic acids is 1. The Bertz CT molecular complexity index is 990. The molecular weight excluding hydrogens is 446 g/mol. The van der Waals surface area contributed by atoms with E-state index in [4.69, 9.17) is 9.47 Å². The van der Waals surface area contributed by atoms with E-state index in [1.807, 2.05) is 0 Å². The van der Waals surface area contributed by atoms with E-state index < -0.39 is 25.7 Å². The second-order valence-corrected chi connectivity index (χ2v) is 15.9. The van der Waals surface area contributed by atoms with E-state index in [1.165, 1.54) is 7.11 Å². The van der Waals surface area contributed by atoms with Crippen LogP contribution < -0.4 is 5.32 Å². The minimum absolute atomic E-state index is 0.0716. The molecule has 1 heterocycles. The van der Waals surface area contributed by atoms with Crippen LogP contribution in [0.15, 0.2) is 6.07 Å². The number of nitrogens with zero attached hydrogens (tertiary/aromatic N) is 3. The first-order valence-corrected chi connectivity index (χ1v) is 15.2. The number of aromatic nitrogens is 2. The molecule has 2 aromatic rings. The van der Waals surface area contributed by atoms with Gasteiger partial charge in [0.05, 0.1) is 18.2 Å². The topological polar surface area (TPSA) is 68.6 Å². The Labute approximate surface area is 195 Å². The monoisotopic (exact) mass is 482 g/mol. The molecule has 1 aromatic heterocycles. The number of fused-ring (bicyclic) bond motifs is 1. The molecule has 7 nitrogen and oxygen atoms in total. The Morgan fingerprint density at radius 2 is 2.03 bits per heavy atom. The quantitative estimate of drug-likeness (QED) is 0.318. The highest BCUT2D eigenvalue weighted by atomic mass is 28.3. The molecule has 1 N–H and O–H groups in total. The average Bonchev–Trinajstić information content (AvgIpc) is 3.11. The van der Waals surface area contributed by atoms with Crippen molar-refractivity contribution < 1.29 is 23.0 Å². The number of methoxy groups -OCH3 is 1. The Balaban J connectivity index is 1.99. The molecule has 0 radical (unpaired) electrons. The summed E-state index contributed by atoms with van der Waals surface area (Å²) < 4.78 is 41.5. The largest absolute Gasteiger partial charge is 0.465 e. The van der Waals surface area contributed by atoms with Gasteiger partial charge in [0.2, 0.25) is 5.95 Å². The lowest BCUT2D eigenvalue weighted by molar-refractivity contribution is 0.0600. The van der Waals surface area contributed by atoms with Crippen LogP contribution in [-0.2, 0) is 16.2 Å². The van der Waals surface area contributed by atoms with Gasteiger partial charge in [-0.15, -0.1) is 0 Å². The maximum Gasteiger partial charge on any atom is 0.340 e. The number of esters is 1. The van der Waals surface area contributed by atoms with Crippen LogP contribution in [0.2, 0.25) is 25.7 Å². The van der Waals surface area contributed by atoms with Crippen molar-refractivity contribution in [3.8, 4) is 0 Å². The van der Waals surface area contributed by atoms with Gasteiger partial charge in [-0.2, -0.15) is 0 Å². The molecule has 3 rings (SSSR count). The second kappa shape index (κ2) is 10.5. The lowest BCUT2D eigenvalue weighted by Crippen LogP contribution is -2.38. The number of imidazole rings is 1. The highest BCUT2D eigenvalue weighted by molar-refractivity contribution is 6.76. The fourth-order valence-corrected chi connectivity index (χ4v) is 4.99. The van der Waals surface area contributed by atoms with Crippen molar-refractivity contribution in [1.82, 2.24) is 14.5 Å². The first kappa shape index (κ1) is 25.6. The molecule has 1 fully saturated rings. The van der Waals surface area contributed by atoms with Crippen molar-refractivity contribution in [2.45, 2.75) is 70.2 Å². The van der Waals surface area contributed by atoms with Crippen molar-refractivity contribution in [2.24, 2.45) is 0 Å². The number of nitrogens with one attached hydrogen (secondary N) is 1. The third-order valence-corrected chi connectivity index (χ3v) is 7.95. The molecule has 0 spiro atoms. The Morgan fingerprint density at radius 1 is 1.30 bits per heavy atom. The maximum atomic E-state index is 14.8. The van der Waals surface area contributed by atoms with Crippen LogP contribution in [0, 0.1) is 11.6 Å². The van der Waals surface area contributed by atoms with Gasteiger partial charge in [-0.05, 0) is 51.9 Å². The van der Waals surface area contributed by atoms with Crippen LogP contribution in [0.1, 0.15) is 36.0 Å². The normalized spacial score (nSPS) is 19.3.